The van der Waals surface area contributed by atoms with Crippen LogP contribution >= 0.6 is 0 Å². The Labute approximate surface area is 115 Å². The molecule has 1 atom stereocenters. The van der Waals surface area contributed by atoms with E-state index in [2.05, 4.69) is 11.0 Å². The fourth-order valence-corrected chi connectivity index (χ4v) is 2.75. The van der Waals surface area contributed by atoms with Gasteiger partial charge in [0.1, 0.15) is 5.75 Å². The first-order chi connectivity index (χ1) is 9.29. The van der Waals surface area contributed by atoms with Crippen molar-refractivity contribution in [2.45, 2.75) is 38.0 Å². The Kier molecular flexibility index (Phi) is 5.23. The van der Waals surface area contributed by atoms with Crippen LogP contribution in [0.15, 0.2) is 24.3 Å². The van der Waals surface area contributed by atoms with E-state index < -0.39 is 0 Å². The summed E-state index contributed by atoms with van der Waals surface area (Å²) in [5.41, 5.74) is 0.932. The molecule has 1 unspecified atom stereocenters. The number of nitrogens with zero attached hydrogens (tertiary/aromatic N) is 2. The first-order valence-electron chi connectivity index (χ1n) is 7.20. The van der Waals surface area contributed by atoms with Crippen LogP contribution in [0.5, 0.6) is 5.75 Å². The van der Waals surface area contributed by atoms with Gasteiger partial charge in [-0.25, -0.2) is 0 Å². The smallest absolute Gasteiger partial charge is 0.115 e. The van der Waals surface area contributed by atoms with Crippen LogP contribution in [0.1, 0.15) is 43.6 Å². The molecule has 0 amide bonds. The van der Waals surface area contributed by atoms with Crippen LogP contribution in [0.3, 0.4) is 0 Å². The van der Waals surface area contributed by atoms with E-state index >= 15 is 0 Å². The van der Waals surface area contributed by atoms with Crippen molar-refractivity contribution in [1.29, 1.82) is 5.26 Å². The largest absolute Gasteiger partial charge is 0.508 e. The van der Waals surface area contributed by atoms with Gasteiger partial charge in [-0.2, -0.15) is 5.26 Å². The van der Waals surface area contributed by atoms with E-state index in [4.69, 9.17) is 0 Å². The minimum atomic E-state index is -0.100. The fraction of sp³-hybridized carbons (Fsp3) is 0.562. The summed E-state index contributed by atoms with van der Waals surface area (Å²) in [4.78, 5) is 2.50. The number of piperidine rings is 1. The number of nitriles is 1. The van der Waals surface area contributed by atoms with Gasteiger partial charge < -0.3 is 10.0 Å². The van der Waals surface area contributed by atoms with Crippen LogP contribution in [0.25, 0.3) is 0 Å². The summed E-state index contributed by atoms with van der Waals surface area (Å²) in [6, 6.07) is 9.43. The Bertz CT molecular complexity index is 433. The van der Waals surface area contributed by atoms with Gasteiger partial charge in [0.05, 0.1) is 12.0 Å². The molecule has 3 nitrogen and oxygen atoms in total. The van der Waals surface area contributed by atoms with Gasteiger partial charge in [0.2, 0.25) is 0 Å². The van der Waals surface area contributed by atoms with Crippen molar-refractivity contribution in [2.24, 2.45) is 0 Å². The molecule has 2 rings (SSSR count). The van der Waals surface area contributed by atoms with E-state index in [1.165, 1.54) is 32.4 Å². The second-order valence-corrected chi connectivity index (χ2v) is 5.32. The molecular weight excluding hydrogens is 236 g/mol. The second kappa shape index (κ2) is 7.16. The number of benzene rings is 1. The first-order valence-corrected chi connectivity index (χ1v) is 7.20. The van der Waals surface area contributed by atoms with E-state index in [0.717, 1.165) is 24.9 Å². The first kappa shape index (κ1) is 13.9. The highest BCUT2D eigenvalue weighted by atomic mass is 16.3. The molecule has 3 heteroatoms. The zero-order valence-electron chi connectivity index (χ0n) is 11.4. The van der Waals surface area contributed by atoms with Gasteiger partial charge in [-0.15, -0.1) is 0 Å². The van der Waals surface area contributed by atoms with Crippen LogP contribution in [-0.4, -0.2) is 29.6 Å². The third kappa shape index (κ3) is 4.25. The van der Waals surface area contributed by atoms with Gasteiger partial charge in [-0.05, 0) is 63.0 Å². The molecule has 1 heterocycles. The highest BCUT2D eigenvalue weighted by molar-refractivity contribution is 5.32. The molecule has 0 saturated carbocycles. The lowest BCUT2D eigenvalue weighted by molar-refractivity contribution is 0.224. The minimum absolute atomic E-state index is 0.100. The molecule has 102 valence electrons. The molecule has 0 aliphatic carbocycles. The molecule has 1 saturated heterocycles. The Hall–Kier alpha value is -1.53. The van der Waals surface area contributed by atoms with Gasteiger partial charge in [0.25, 0.3) is 0 Å². The van der Waals surface area contributed by atoms with Gasteiger partial charge >= 0.3 is 0 Å². The van der Waals surface area contributed by atoms with Crippen LogP contribution in [-0.2, 0) is 0 Å². The quantitative estimate of drug-likeness (QED) is 0.881. The summed E-state index contributed by atoms with van der Waals surface area (Å²) in [7, 11) is 0. The molecule has 1 aromatic rings. The van der Waals surface area contributed by atoms with Crippen molar-refractivity contribution >= 4 is 0 Å². The Morgan fingerprint density at radius 1 is 1.26 bits per heavy atom. The Balaban J connectivity index is 1.81. The predicted octanol–water partition coefficient (Wildman–Crippen LogP) is 3.27. The molecule has 19 heavy (non-hydrogen) atoms. The molecule has 0 bridgehead atoms. The molecule has 0 radical (unpaired) electrons. The van der Waals surface area contributed by atoms with E-state index in [9.17, 15) is 10.4 Å². The number of hydrogen-bond donors (Lipinski definition) is 1. The van der Waals surface area contributed by atoms with Crippen LogP contribution in [0, 0.1) is 11.3 Å². The Morgan fingerprint density at radius 3 is 2.74 bits per heavy atom. The summed E-state index contributed by atoms with van der Waals surface area (Å²) in [5.74, 6) is 0.144. The highest BCUT2D eigenvalue weighted by Crippen LogP contribution is 2.24. The zero-order valence-corrected chi connectivity index (χ0v) is 11.4. The number of phenols is 1. The minimum Gasteiger partial charge on any atom is -0.508 e. The summed E-state index contributed by atoms with van der Waals surface area (Å²) in [6.45, 7) is 3.52. The van der Waals surface area contributed by atoms with Gasteiger partial charge in [-0.3, -0.25) is 0 Å². The van der Waals surface area contributed by atoms with Crippen molar-refractivity contribution in [3.05, 3.63) is 29.8 Å². The zero-order chi connectivity index (χ0) is 13.5. The van der Waals surface area contributed by atoms with E-state index in [0.29, 0.717) is 0 Å². The molecule has 0 spiro atoms. The second-order valence-electron chi connectivity index (χ2n) is 5.32. The van der Waals surface area contributed by atoms with E-state index in [-0.39, 0.29) is 11.7 Å². The van der Waals surface area contributed by atoms with Crippen LogP contribution in [0.4, 0.5) is 0 Å². The maximum atomic E-state index is 9.47. The molecule has 1 N–H and O–H groups in total. The summed E-state index contributed by atoms with van der Waals surface area (Å²) in [5, 5.41) is 18.7. The third-order valence-electron chi connectivity index (χ3n) is 3.84. The number of hydrogen-bond acceptors (Lipinski definition) is 3. The molecule has 1 aliphatic heterocycles. The maximum Gasteiger partial charge on any atom is 0.115 e. The average Bonchev–Trinajstić information content (AvgIpc) is 2.45. The standard InChI is InChI=1S/C16H22N2O/c17-13-15(14-6-4-8-16(19)12-14)7-5-11-18-9-2-1-3-10-18/h4,6,8,12,15,19H,1-3,5,7,9-11H2. The molecule has 0 aromatic heterocycles. The molecule has 1 aliphatic rings. The topological polar surface area (TPSA) is 47.3 Å². The van der Waals surface area contributed by atoms with Gasteiger partial charge in [0.15, 0.2) is 0 Å². The maximum absolute atomic E-state index is 9.47. The number of likely N-dealkylation sites (tertiary alicyclic amines) is 1. The summed E-state index contributed by atoms with van der Waals surface area (Å²) >= 11 is 0. The lowest BCUT2D eigenvalue weighted by atomic mass is 9.95. The monoisotopic (exact) mass is 258 g/mol. The predicted molar refractivity (Wildman–Crippen MR) is 76.0 cm³/mol. The number of aromatic hydroxyl groups is 1. The van der Waals surface area contributed by atoms with Crippen molar-refractivity contribution in [1.82, 2.24) is 4.90 Å². The van der Waals surface area contributed by atoms with Gasteiger partial charge in [-0.1, -0.05) is 18.6 Å². The fourth-order valence-electron chi connectivity index (χ4n) is 2.75. The molecule has 1 fully saturated rings. The molecule has 1 aromatic carbocycles. The van der Waals surface area contributed by atoms with Crippen molar-refractivity contribution in [2.75, 3.05) is 19.6 Å². The lowest BCUT2D eigenvalue weighted by Gasteiger charge is -2.26. The Morgan fingerprint density at radius 2 is 2.05 bits per heavy atom. The molecular formula is C16H22N2O. The van der Waals surface area contributed by atoms with Crippen LogP contribution < -0.4 is 0 Å². The van der Waals surface area contributed by atoms with Crippen molar-refractivity contribution < 1.29 is 5.11 Å². The average molecular weight is 258 g/mol. The summed E-state index contributed by atoms with van der Waals surface area (Å²) in [6.07, 6.45) is 5.91. The lowest BCUT2D eigenvalue weighted by Crippen LogP contribution is -2.30. The van der Waals surface area contributed by atoms with Crippen molar-refractivity contribution in [3.63, 3.8) is 0 Å². The van der Waals surface area contributed by atoms with E-state index in [1.807, 2.05) is 6.07 Å². The highest BCUT2D eigenvalue weighted by Gasteiger charge is 2.13. The summed E-state index contributed by atoms with van der Waals surface area (Å²) < 4.78 is 0. The van der Waals surface area contributed by atoms with Gasteiger partial charge in [0, 0.05) is 0 Å². The normalized spacial score (nSPS) is 17.8. The SMILES string of the molecule is N#CC(CCCN1CCCCC1)c1cccc(O)c1. The third-order valence-corrected chi connectivity index (χ3v) is 3.84. The number of phenolic OH excluding ortho intramolecular Hbond substituents is 1. The van der Waals surface area contributed by atoms with E-state index in [1.54, 1.807) is 18.2 Å². The number of rotatable bonds is 5. The van der Waals surface area contributed by atoms with Crippen molar-refractivity contribution in [3.8, 4) is 11.8 Å². The van der Waals surface area contributed by atoms with Crippen LogP contribution in [0.2, 0.25) is 0 Å².